The standard InChI is InChI=1S/C22H17F2N3O2S2/c1-12-3-4-14(10-17(12)24)25-19(28)11-31-22-26-18-7-8-30-20(18)21(29)27(22)15-5-6-16(23)13(2)9-15/h3-10H,11H2,1-2H3,(H,25,28). The van der Waals surface area contributed by atoms with Crippen LogP contribution in [0.4, 0.5) is 14.5 Å². The lowest BCUT2D eigenvalue weighted by atomic mass is 10.2. The molecule has 0 aliphatic rings. The molecule has 0 fully saturated rings. The molecule has 0 unspecified atom stereocenters. The lowest BCUT2D eigenvalue weighted by Gasteiger charge is -2.13. The van der Waals surface area contributed by atoms with Crippen LogP contribution in [0, 0.1) is 25.5 Å². The number of aryl methyl sites for hydroxylation is 2. The second kappa shape index (κ2) is 8.60. The minimum absolute atomic E-state index is 0.0439. The molecule has 0 atom stereocenters. The van der Waals surface area contributed by atoms with E-state index in [4.69, 9.17) is 0 Å². The summed E-state index contributed by atoms with van der Waals surface area (Å²) in [6, 6.07) is 10.6. The van der Waals surface area contributed by atoms with Crippen LogP contribution in [0.1, 0.15) is 11.1 Å². The van der Waals surface area contributed by atoms with Crippen molar-refractivity contribution < 1.29 is 13.6 Å². The second-order valence-corrected chi connectivity index (χ2v) is 8.76. The third-order valence-corrected chi connectivity index (χ3v) is 6.47. The second-order valence-electron chi connectivity index (χ2n) is 6.90. The van der Waals surface area contributed by atoms with Gasteiger partial charge in [-0.2, -0.15) is 0 Å². The number of fused-ring (bicyclic) bond motifs is 1. The van der Waals surface area contributed by atoms with Crippen molar-refractivity contribution >= 4 is 44.9 Å². The smallest absolute Gasteiger partial charge is 0.276 e. The van der Waals surface area contributed by atoms with Crippen molar-refractivity contribution in [2.24, 2.45) is 0 Å². The number of anilines is 1. The van der Waals surface area contributed by atoms with Crippen molar-refractivity contribution in [3.05, 3.63) is 81.0 Å². The van der Waals surface area contributed by atoms with Gasteiger partial charge in [0, 0.05) is 5.69 Å². The van der Waals surface area contributed by atoms with E-state index in [1.807, 2.05) is 0 Å². The van der Waals surface area contributed by atoms with Gasteiger partial charge in [0.25, 0.3) is 5.56 Å². The Morgan fingerprint density at radius 3 is 2.65 bits per heavy atom. The summed E-state index contributed by atoms with van der Waals surface area (Å²) in [6.45, 7) is 3.25. The van der Waals surface area contributed by atoms with Crippen molar-refractivity contribution in [1.82, 2.24) is 9.55 Å². The highest BCUT2D eigenvalue weighted by molar-refractivity contribution is 7.99. The van der Waals surface area contributed by atoms with Gasteiger partial charge in [-0.15, -0.1) is 11.3 Å². The van der Waals surface area contributed by atoms with E-state index in [2.05, 4.69) is 10.3 Å². The third kappa shape index (κ3) is 4.38. The summed E-state index contributed by atoms with van der Waals surface area (Å²) in [6.07, 6.45) is 0. The van der Waals surface area contributed by atoms with E-state index in [0.29, 0.717) is 37.9 Å². The summed E-state index contributed by atoms with van der Waals surface area (Å²) in [5.74, 6) is -1.19. The number of benzene rings is 2. The molecule has 0 saturated carbocycles. The Kier molecular flexibility index (Phi) is 5.88. The molecule has 4 aromatic rings. The van der Waals surface area contributed by atoms with Crippen molar-refractivity contribution in [2.45, 2.75) is 19.0 Å². The number of carbonyl (C=O) groups is 1. The van der Waals surface area contributed by atoms with Crippen LogP contribution in [0.5, 0.6) is 0 Å². The van der Waals surface area contributed by atoms with Gasteiger partial charge in [0.15, 0.2) is 5.16 Å². The first kappa shape index (κ1) is 21.2. The van der Waals surface area contributed by atoms with E-state index in [-0.39, 0.29) is 23.0 Å². The third-order valence-electron chi connectivity index (χ3n) is 4.64. The lowest BCUT2D eigenvalue weighted by Crippen LogP contribution is -2.22. The molecule has 0 spiro atoms. The summed E-state index contributed by atoms with van der Waals surface area (Å²) in [7, 11) is 0. The monoisotopic (exact) mass is 457 g/mol. The maximum Gasteiger partial charge on any atom is 0.276 e. The van der Waals surface area contributed by atoms with Crippen molar-refractivity contribution in [2.75, 3.05) is 11.1 Å². The predicted octanol–water partition coefficient (Wildman–Crippen LogP) is 5.07. The Balaban J connectivity index is 1.64. The zero-order valence-corrected chi connectivity index (χ0v) is 18.2. The van der Waals surface area contributed by atoms with E-state index in [9.17, 15) is 18.4 Å². The molecule has 0 aliphatic heterocycles. The number of nitrogens with one attached hydrogen (secondary N) is 1. The number of carbonyl (C=O) groups excluding carboxylic acids is 1. The molecular weight excluding hydrogens is 440 g/mol. The highest BCUT2D eigenvalue weighted by atomic mass is 32.2. The topological polar surface area (TPSA) is 64.0 Å². The Bertz CT molecular complexity index is 1360. The van der Waals surface area contributed by atoms with Gasteiger partial charge in [-0.3, -0.25) is 14.2 Å². The average molecular weight is 458 g/mol. The number of rotatable bonds is 5. The molecular formula is C22H17F2N3O2S2. The van der Waals surface area contributed by atoms with Gasteiger partial charge in [0.1, 0.15) is 16.3 Å². The van der Waals surface area contributed by atoms with E-state index in [0.717, 1.165) is 11.8 Å². The highest BCUT2D eigenvalue weighted by Gasteiger charge is 2.16. The summed E-state index contributed by atoms with van der Waals surface area (Å²) in [5, 5.41) is 4.72. The molecule has 158 valence electrons. The Morgan fingerprint density at radius 1 is 1.10 bits per heavy atom. The number of amides is 1. The van der Waals surface area contributed by atoms with Crippen LogP contribution in [0.25, 0.3) is 15.9 Å². The summed E-state index contributed by atoms with van der Waals surface area (Å²) in [4.78, 5) is 30.0. The van der Waals surface area contributed by atoms with Crippen LogP contribution < -0.4 is 10.9 Å². The quantitative estimate of drug-likeness (QED) is 0.336. The van der Waals surface area contributed by atoms with Crippen molar-refractivity contribution in [3.8, 4) is 5.69 Å². The number of halogens is 2. The molecule has 2 aromatic carbocycles. The van der Waals surface area contributed by atoms with Crippen LogP contribution in [0.15, 0.2) is 57.8 Å². The number of aromatic nitrogens is 2. The predicted molar refractivity (Wildman–Crippen MR) is 120 cm³/mol. The molecule has 4 rings (SSSR count). The van der Waals surface area contributed by atoms with Gasteiger partial charge in [-0.1, -0.05) is 17.8 Å². The van der Waals surface area contributed by atoms with Crippen LogP contribution in [-0.4, -0.2) is 21.2 Å². The minimum Gasteiger partial charge on any atom is -0.325 e. The molecule has 31 heavy (non-hydrogen) atoms. The van der Waals surface area contributed by atoms with E-state index < -0.39 is 5.82 Å². The van der Waals surface area contributed by atoms with Crippen LogP contribution in [0.2, 0.25) is 0 Å². The van der Waals surface area contributed by atoms with Gasteiger partial charge < -0.3 is 5.32 Å². The molecule has 2 heterocycles. The molecule has 1 amide bonds. The molecule has 2 aromatic heterocycles. The summed E-state index contributed by atoms with van der Waals surface area (Å²) >= 11 is 2.35. The van der Waals surface area contributed by atoms with E-state index in [1.165, 1.54) is 34.1 Å². The molecule has 1 N–H and O–H groups in total. The van der Waals surface area contributed by atoms with E-state index in [1.54, 1.807) is 43.5 Å². The molecule has 0 aliphatic carbocycles. The molecule has 0 bridgehead atoms. The molecule has 9 heteroatoms. The molecule has 0 radical (unpaired) electrons. The fraction of sp³-hybridized carbons (Fsp3) is 0.136. The number of hydrogen-bond acceptors (Lipinski definition) is 5. The Labute approximate surface area is 184 Å². The fourth-order valence-electron chi connectivity index (χ4n) is 2.98. The average Bonchev–Trinajstić information content (AvgIpc) is 3.20. The number of thioether (sulfide) groups is 1. The van der Waals surface area contributed by atoms with Crippen molar-refractivity contribution in [1.29, 1.82) is 0 Å². The molecule has 5 nitrogen and oxygen atoms in total. The number of nitrogens with zero attached hydrogens (tertiary/aromatic N) is 2. The Hall–Kier alpha value is -3.04. The van der Waals surface area contributed by atoms with Gasteiger partial charge >= 0.3 is 0 Å². The lowest BCUT2D eigenvalue weighted by molar-refractivity contribution is -0.113. The highest BCUT2D eigenvalue weighted by Crippen LogP contribution is 2.25. The van der Waals surface area contributed by atoms with Crippen molar-refractivity contribution in [3.63, 3.8) is 0 Å². The zero-order chi connectivity index (χ0) is 22.1. The first-order chi connectivity index (χ1) is 14.8. The minimum atomic E-state index is -0.407. The number of hydrogen-bond donors (Lipinski definition) is 1. The largest absolute Gasteiger partial charge is 0.325 e. The Morgan fingerprint density at radius 2 is 1.90 bits per heavy atom. The number of thiophene rings is 1. The van der Waals surface area contributed by atoms with E-state index >= 15 is 0 Å². The summed E-state index contributed by atoms with van der Waals surface area (Å²) < 4.78 is 29.3. The molecule has 0 saturated heterocycles. The van der Waals surface area contributed by atoms with Gasteiger partial charge in [-0.05, 0) is 66.8 Å². The first-order valence-corrected chi connectivity index (χ1v) is 11.2. The maximum atomic E-state index is 13.7. The zero-order valence-electron chi connectivity index (χ0n) is 16.6. The van der Waals surface area contributed by atoms with Gasteiger partial charge in [-0.25, -0.2) is 13.8 Å². The van der Waals surface area contributed by atoms with Crippen LogP contribution in [-0.2, 0) is 4.79 Å². The fourth-order valence-corrected chi connectivity index (χ4v) is 4.55. The van der Waals surface area contributed by atoms with Crippen LogP contribution in [0.3, 0.4) is 0 Å². The normalized spacial score (nSPS) is 11.1. The SMILES string of the molecule is Cc1cc(-n2c(SCC(=O)Nc3ccc(C)c(F)c3)nc3ccsc3c2=O)ccc1F. The van der Waals surface area contributed by atoms with Crippen LogP contribution >= 0.6 is 23.1 Å². The summed E-state index contributed by atoms with van der Waals surface area (Å²) in [5.41, 5.74) is 1.95. The maximum absolute atomic E-state index is 13.7. The van der Waals surface area contributed by atoms with Gasteiger partial charge in [0.2, 0.25) is 5.91 Å². The first-order valence-electron chi connectivity index (χ1n) is 9.29. The van der Waals surface area contributed by atoms with Gasteiger partial charge in [0.05, 0.1) is 17.0 Å².